The fourth-order valence-corrected chi connectivity index (χ4v) is 5.26. The normalized spacial score (nSPS) is 12.0. The number of hydrogen-bond acceptors (Lipinski definition) is 6. The first kappa shape index (κ1) is 20.4. The third kappa shape index (κ3) is 6.73. The number of hydrogen-bond donors (Lipinski definition) is 0. The average molecular weight is 466 g/mol. The average Bonchev–Trinajstić information content (AvgIpc) is 2.31. The van der Waals surface area contributed by atoms with Crippen LogP contribution in [0.2, 0.25) is 20.1 Å². The highest BCUT2D eigenvalue weighted by Crippen LogP contribution is 2.27. The van der Waals surface area contributed by atoms with Crippen LogP contribution in [0.4, 0.5) is 0 Å². The molecular weight excluding hydrogens is 458 g/mol. The Kier molecular flexibility index (Phi) is 6.35. The fourth-order valence-electron chi connectivity index (χ4n) is 1.67. The zero-order chi connectivity index (χ0) is 18.8. The van der Waals surface area contributed by atoms with Gasteiger partial charge in [0.15, 0.2) is 0 Å². The van der Waals surface area contributed by atoms with Gasteiger partial charge in [-0.25, -0.2) is 0 Å². The molecule has 2 aromatic carbocycles. The summed E-state index contributed by atoms with van der Waals surface area (Å²) in [5.41, 5.74) is 0. The van der Waals surface area contributed by atoms with Crippen molar-refractivity contribution in [2.45, 2.75) is 0 Å². The van der Waals surface area contributed by atoms with Crippen LogP contribution < -0.4 is 8.37 Å². The van der Waals surface area contributed by atoms with E-state index in [1.165, 1.54) is 12.1 Å². The molecule has 0 fully saturated rings. The smallest absolute Gasteiger partial charge is 0.327 e. The molecule has 0 aliphatic carbocycles. The Bertz CT molecular complexity index is 883. The lowest BCUT2D eigenvalue weighted by Crippen LogP contribution is -2.24. The first-order valence-corrected chi connectivity index (χ1v) is 10.9. The van der Waals surface area contributed by atoms with Gasteiger partial charge in [0.05, 0.1) is 0 Å². The third-order valence-electron chi connectivity index (χ3n) is 2.41. The lowest BCUT2D eigenvalue weighted by Gasteiger charge is -2.10. The summed E-state index contributed by atoms with van der Waals surface area (Å²) in [6, 6.07) is 7.35. The third-order valence-corrected chi connectivity index (χ3v) is 6.48. The van der Waals surface area contributed by atoms with Crippen LogP contribution in [0, 0.1) is 0 Å². The molecule has 0 unspecified atom stereocenters. The Labute approximate surface area is 164 Å². The highest BCUT2D eigenvalue weighted by Gasteiger charge is 2.26. The Morgan fingerprint density at radius 2 is 0.880 bits per heavy atom. The van der Waals surface area contributed by atoms with Crippen LogP contribution in [-0.2, 0) is 20.2 Å². The van der Waals surface area contributed by atoms with E-state index in [-0.39, 0.29) is 31.6 Å². The Balaban J connectivity index is 2.17. The van der Waals surface area contributed by atoms with Crippen LogP contribution in [-0.4, -0.2) is 21.9 Å². The number of benzene rings is 2. The quantitative estimate of drug-likeness (QED) is 0.588. The van der Waals surface area contributed by atoms with Crippen molar-refractivity contribution in [3.05, 3.63) is 56.5 Å². The SMILES string of the molecule is O=S(=O)(CS(=O)(=O)Oc1cc(Cl)cc(Cl)c1)Oc1cc(Cl)cc(Cl)c1. The molecule has 0 saturated heterocycles. The molecule has 0 atom stereocenters. The highest BCUT2D eigenvalue weighted by atomic mass is 35.5. The molecule has 0 amide bonds. The summed E-state index contributed by atoms with van der Waals surface area (Å²) in [6.07, 6.45) is 0. The van der Waals surface area contributed by atoms with Gasteiger partial charge in [-0.3, -0.25) is 0 Å². The summed E-state index contributed by atoms with van der Waals surface area (Å²) in [5.74, 6) is -0.475. The van der Waals surface area contributed by atoms with Crippen molar-refractivity contribution in [2.75, 3.05) is 5.08 Å². The molecule has 0 aliphatic rings. The Hall–Kier alpha value is -0.900. The van der Waals surface area contributed by atoms with Crippen molar-refractivity contribution >= 4 is 66.6 Å². The van der Waals surface area contributed by atoms with Crippen molar-refractivity contribution < 1.29 is 25.2 Å². The van der Waals surface area contributed by atoms with Gasteiger partial charge < -0.3 is 8.37 Å². The van der Waals surface area contributed by atoms with Gasteiger partial charge in [0.2, 0.25) is 5.08 Å². The van der Waals surface area contributed by atoms with Crippen molar-refractivity contribution in [1.82, 2.24) is 0 Å². The van der Waals surface area contributed by atoms with Gasteiger partial charge in [-0.05, 0) is 12.1 Å². The molecular formula is C13H8Cl4O6S2. The summed E-state index contributed by atoms with van der Waals surface area (Å²) in [6.45, 7) is 0. The van der Waals surface area contributed by atoms with E-state index in [0.717, 1.165) is 24.3 Å². The summed E-state index contributed by atoms with van der Waals surface area (Å²) in [7, 11) is -9.12. The van der Waals surface area contributed by atoms with Crippen LogP contribution >= 0.6 is 46.4 Å². The van der Waals surface area contributed by atoms with Crippen LogP contribution in [0.1, 0.15) is 0 Å². The van der Waals surface area contributed by atoms with E-state index in [9.17, 15) is 16.8 Å². The molecule has 0 aliphatic heterocycles. The summed E-state index contributed by atoms with van der Waals surface area (Å²) in [5, 5.41) is -0.986. The van der Waals surface area contributed by atoms with Crippen LogP contribution in [0.25, 0.3) is 0 Å². The molecule has 2 rings (SSSR count). The highest BCUT2D eigenvalue weighted by molar-refractivity contribution is 8.04. The van der Waals surface area contributed by atoms with Crippen LogP contribution in [0.5, 0.6) is 11.5 Å². The summed E-state index contributed by atoms with van der Waals surface area (Å²) in [4.78, 5) is 0. The second kappa shape index (κ2) is 7.77. The summed E-state index contributed by atoms with van der Waals surface area (Å²) < 4.78 is 57.1. The molecule has 0 radical (unpaired) electrons. The van der Waals surface area contributed by atoms with Gasteiger partial charge in [0.25, 0.3) is 0 Å². The topological polar surface area (TPSA) is 86.7 Å². The maximum Gasteiger partial charge on any atom is 0.327 e. The molecule has 25 heavy (non-hydrogen) atoms. The molecule has 0 spiro atoms. The van der Waals surface area contributed by atoms with Crippen molar-refractivity contribution in [1.29, 1.82) is 0 Å². The molecule has 0 bridgehead atoms. The van der Waals surface area contributed by atoms with E-state index in [1.807, 2.05) is 0 Å². The monoisotopic (exact) mass is 464 g/mol. The van der Waals surface area contributed by atoms with Gasteiger partial charge in [-0.1, -0.05) is 46.4 Å². The second-order valence-corrected chi connectivity index (χ2v) is 9.86. The Morgan fingerprint density at radius 1 is 0.600 bits per heavy atom. The van der Waals surface area contributed by atoms with E-state index < -0.39 is 25.3 Å². The predicted molar refractivity (Wildman–Crippen MR) is 96.9 cm³/mol. The molecule has 0 saturated carbocycles. The maximum absolute atomic E-state index is 11.9. The van der Waals surface area contributed by atoms with E-state index in [0.29, 0.717) is 0 Å². The second-order valence-electron chi connectivity index (χ2n) is 4.61. The maximum atomic E-state index is 11.9. The minimum atomic E-state index is -4.56. The first-order valence-electron chi connectivity index (χ1n) is 6.21. The predicted octanol–water partition coefficient (Wildman–Crippen LogP) is 4.38. The first-order chi connectivity index (χ1) is 11.4. The molecule has 12 heteroatoms. The number of halogens is 4. The van der Waals surface area contributed by atoms with E-state index in [2.05, 4.69) is 8.37 Å². The molecule has 136 valence electrons. The molecule has 6 nitrogen and oxygen atoms in total. The minimum Gasteiger partial charge on any atom is -0.381 e. The fraction of sp³-hybridized carbons (Fsp3) is 0.0769. The molecule has 2 aromatic rings. The number of rotatable bonds is 6. The van der Waals surface area contributed by atoms with Gasteiger partial charge in [0, 0.05) is 44.4 Å². The van der Waals surface area contributed by atoms with E-state index in [4.69, 9.17) is 46.4 Å². The van der Waals surface area contributed by atoms with Crippen molar-refractivity contribution in [3.63, 3.8) is 0 Å². The van der Waals surface area contributed by atoms with Crippen LogP contribution in [0.15, 0.2) is 36.4 Å². The molecule has 0 N–H and O–H groups in total. The lowest BCUT2D eigenvalue weighted by molar-refractivity contribution is 0.475. The standard InChI is InChI=1S/C13H8Cl4O6S2/c14-8-1-9(15)4-12(3-8)22-24(18,19)7-25(20,21)23-13-5-10(16)2-11(17)6-13/h1-6H,7H2. The Morgan fingerprint density at radius 3 is 1.16 bits per heavy atom. The van der Waals surface area contributed by atoms with Crippen molar-refractivity contribution in [2.24, 2.45) is 0 Å². The van der Waals surface area contributed by atoms with Gasteiger partial charge in [-0.15, -0.1) is 0 Å². The zero-order valence-corrected chi connectivity index (χ0v) is 16.6. The van der Waals surface area contributed by atoms with Gasteiger partial charge in [-0.2, -0.15) is 16.8 Å². The zero-order valence-electron chi connectivity index (χ0n) is 11.9. The van der Waals surface area contributed by atoms with Gasteiger partial charge in [0.1, 0.15) is 11.5 Å². The molecule has 0 aromatic heterocycles. The minimum absolute atomic E-state index is 0.116. The molecule has 0 heterocycles. The van der Waals surface area contributed by atoms with E-state index >= 15 is 0 Å². The van der Waals surface area contributed by atoms with Crippen molar-refractivity contribution in [3.8, 4) is 11.5 Å². The summed E-state index contributed by atoms with van der Waals surface area (Å²) >= 11 is 22.9. The van der Waals surface area contributed by atoms with E-state index in [1.54, 1.807) is 0 Å². The van der Waals surface area contributed by atoms with Crippen LogP contribution in [0.3, 0.4) is 0 Å². The lowest BCUT2D eigenvalue weighted by atomic mass is 10.3. The largest absolute Gasteiger partial charge is 0.381 e. The van der Waals surface area contributed by atoms with Gasteiger partial charge >= 0.3 is 20.2 Å².